The summed E-state index contributed by atoms with van der Waals surface area (Å²) < 4.78 is 26.7. The minimum absolute atomic E-state index is 0.0737. The van der Waals surface area contributed by atoms with Gasteiger partial charge in [0.05, 0.1) is 16.7 Å². The number of nitrogens with zero attached hydrogens (tertiary/aromatic N) is 2. The third kappa shape index (κ3) is 5.91. The van der Waals surface area contributed by atoms with Crippen LogP contribution >= 0.6 is 0 Å². The van der Waals surface area contributed by atoms with E-state index < -0.39 is 21.9 Å². The SMILES string of the molecule is Cc1ccc(S(=O)(=O)N(C)Cc2ccc(C(=O)N/N=C/c3ccccc3C(=O)O)cc2)cc1. The number of nitrogens with one attached hydrogen (secondary N) is 1. The van der Waals surface area contributed by atoms with Crippen molar-refractivity contribution >= 4 is 28.1 Å². The maximum atomic E-state index is 12.7. The summed E-state index contributed by atoms with van der Waals surface area (Å²) in [5.41, 5.74) is 4.80. The van der Waals surface area contributed by atoms with Gasteiger partial charge in [0.2, 0.25) is 10.0 Å². The van der Waals surface area contributed by atoms with Gasteiger partial charge in [-0.3, -0.25) is 4.79 Å². The van der Waals surface area contributed by atoms with Crippen molar-refractivity contribution in [2.75, 3.05) is 7.05 Å². The van der Waals surface area contributed by atoms with E-state index in [9.17, 15) is 23.1 Å². The predicted octanol–water partition coefficient (Wildman–Crippen LogP) is 3.28. The number of benzene rings is 3. The molecular weight excluding hydrogens is 442 g/mol. The average molecular weight is 466 g/mol. The Morgan fingerprint density at radius 1 is 1.00 bits per heavy atom. The van der Waals surface area contributed by atoms with E-state index in [1.165, 1.54) is 23.6 Å². The van der Waals surface area contributed by atoms with E-state index in [1.807, 2.05) is 6.92 Å². The largest absolute Gasteiger partial charge is 0.478 e. The van der Waals surface area contributed by atoms with Crippen LogP contribution in [0.4, 0.5) is 0 Å². The lowest BCUT2D eigenvalue weighted by Gasteiger charge is -2.17. The van der Waals surface area contributed by atoms with Gasteiger partial charge in [-0.15, -0.1) is 0 Å². The lowest BCUT2D eigenvalue weighted by Crippen LogP contribution is -2.26. The number of carboxylic acids is 1. The van der Waals surface area contributed by atoms with Gasteiger partial charge >= 0.3 is 5.97 Å². The Kier molecular flexibility index (Phi) is 7.37. The maximum Gasteiger partial charge on any atom is 0.336 e. The normalized spacial score (nSPS) is 11.6. The van der Waals surface area contributed by atoms with Crippen molar-refractivity contribution in [2.45, 2.75) is 18.4 Å². The van der Waals surface area contributed by atoms with Gasteiger partial charge in [0.25, 0.3) is 5.91 Å². The highest BCUT2D eigenvalue weighted by atomic mass is 32.2. The molecule has 0 heterocycles. The Balaban J connectivity index is 1.63. The second-order valence-electron chi connectivity index (χ2n) is 7.36. The molecule has 0 fully saturated rings. The van der Waals surface area contributed by atoms with Gasteiger partial charge in [0.15, 0.2) is 0 Å². The summed E-state index contributed by atoms with van der Waals surface area (Å²) in [6, 6.07) is 19.4. The standard InChI is InChI=1S/C24H23N3O5S/c1-17-7-13-21(14-8-17)33(31,32)27(2)16-18-9-11-19(12-10-18)23(28)26-25-15-20-5-3-4-6-22(20)24(29)30/h3-15H,16H2,1-2H3,(H,26,28)(H,29,30)/b25-15+. The minimum Gasteiger partial charge on any atom is -0.478 e. The van der Waals surface area contributed by atoms with Crippen molar-refractivity contribution in [3.8, 4) is 0 Å². The predicted molar refractivity (Wildman–Crippen MR) is 125 cm³/mol. The fraction of sp³-hybridized carbons (Fsp3) is 0.125. The molecule has 33 heavy (non-hydrogen) atoms. The van der Waals surface area contributed by atoms with Gasteiger partial charge in [-0.2, -0.15) is 9.41 Å². The van der Waals surface area contributed by atoms with Crippen LogP contribution in [0.1, 0.15) is 37.4 Å². The molecule has 0 atom stereocenters. The molecule has 0 aromatic heterocycles. The molecule has 1 amide bonds. The molecule has 2 N–H and O–H groups in total. The van der Waals surface area contributed by atoms with Gasteiger partial charge in [-0.1, -0.05) is 48.0 Å². The number of carbonyl (C=O) groups is 2. The zero-order valence-electron chi connectivity index (χ0n) is 18.1. The van der Waals surface area contributed by atoms with Crippen molar-refractivity contribution in [3.63, 3.8) is 0 Å². The Morgan fingerprint density at radius 2 is 1.64 bits per heavy atom. The molecule has 0 unspecified atom stereocenters. The van der Waals surface area contributed by atoms with E-state index in [2.05, 4.69) is 10.5 Å². The number of rotatable bonds is 8. The van der Waals surface area contributed by atoms with Crippen LogP contribution in [-0.2, 0) is 16.6 Å². The second kappa shape index (κ2) is 10.2. The zero-order chi connectivity index (χ0) is 24.0. The Morgan fingerprint density at radius 3 is 2.27 bits per heavy atom. The second-order valence-corrected chi connectivity index (χ2v) is 9.41. The number of carboxylic acid groups (broad SMARTS) is 1. The first-order valence-electron chi connectivity index (χ1n) is 9.96. The van der Waals surface area contributed by atoms with Crippen LogP contribution in [0.25, 0.3) is 0 Å². The van der Waals surface area contributed by atoms with E-state index in [4.69, 9.17) is 0 Å². The molecule has 3 aromatic carbocycles. The molecular formula is C24H23N3O5S. The number of hydrazone groups is 1. The number of aryl methyl sites for hydroxylation is 1. The van der Waals surface area contributed by atoms with Gasteiger partial charge in [-0.05, 0) is 42.8 Å². The van der Waals surface area contributed by atoms with Crippen LogP contribution in [0, 0.1) is 6.92 Å². The number of hydrogen-bond donors (Lipinski definition) is 2. The van der Waals surface area contributed by atoms with Crippen molar-refractivity contribution in [2.24, 2.45) is 5.10 Å². The number of sulfonamides is 1. The van der Waals surface area contributed by atoms with E-state index in [1.54, 1.807) is 66.7 Å². The van der Waals surface area contributed by atoms with Crippen molar-refractivity contribution < 1.29 is 23.1 Å². The summed E-state index contributed by atoms with van der Waals surface area (Å²) >= 11 is 0. The third-order valence-corrected chi connectivity index (χ3v) is 6.73. The van der Waals surface area contributed by atoms with Gasteiger partial charge in [0.1, 0.15) is 0 Å². The molecule has 0 aliphatic rings. The first-order chi connectivity index (χ1) is 15.7. The molecule has 0 saturated heterocycles. The van der Waals surface area contributed by atoms with Crippen LogP contribution in [0.3, 0.4) is 0 Å². The quantitative estimate of drug-likeness (QED) is 0.391. The lowest BCUT2D eigenvalue weighted by molar-refractivity contribution is 0.0696. The van der Waals surface area contributed by atoms with E-state index in [0.717, 1.165) is 5.56 Å². The highest BCUT2D eigenvalue weighted by molar-refractivity contribution is 7.89. The van der Waals surface area contributed by atoms with Gasteiger partial charge in [-0.25, -0.2) is 18.6 Å². The molecule has 170 valence electrons. The minimum atomic E-state index is -3.64. The summed E-state index contributed by atoms with van der Waals surface area (Å²) in [5.74, 6) is -1.57. The molecule has 0 aliphatic heterocycles. The molecule has 9 heteroatoms. The topological polar surface area (TPSA) is 116 Å². The number of aromatic carboxylic acids is 1. The number of amides is 1. The molecule has 8 nitrogen and oxygen atoms in total. The van der Waals surface area contributed by atoms with Gasteiger partial charge < -0.3 is 5.11 Å². The van der Waals surface area contributed by atoms with Gasteiger partial charge in [0, 0.05) is 24.7 Å². The van der Waals surface area contributed by atoms with E-state index in [-0.39, 0.29) is 17.0 Å². The fourth-order valence-corrected chi connectivity index (χ4v) is 4.18. The molecule has 3 aromatic rings. The first-order valence-corrected chi connectivity index (χ1v) is 11.4. The first kappa shape index (κ1) is 23.8. The molecule has 0 spiro atoms. The lowest BCUT2D eigenvalue weighted by atomic mass is 10.1. The third-order valence-electron chi connectivity index (χ3n) is 4.91. The Bertz CT molecular complexity index is 1280. The van der Waals surface area contributed by atoms with Crippen LogP contribution in [-0.4, -0.2) is 43.0 Å². The Labute approximate surface area is 192 Å². The van der Waals surface area contributed by atoms with Crippen molar-refractivity contribution in [1.29, 1.82) is 0 Å². The Hall–Kier alpha value is -3.82. The maximum absolute atomic E-state index is 12.7. The summed E-state index contributed by atoms with van der Waals surface area (Å²) in [5, 5.41) is 13.0. The highest BCUT2D eigenvalue weighted by Crippen LogP contribution is 2.17. The fourth-order valence-electron chi connectivity index (χ4n) is 3.02. The molecule has 3 rings (SSSR count). The number of hydrogen-bond acceptors (Lipinski definition) is 5. The van der Waals surface area contributed by atoms with Crippen LogP contribution < -0.4 is 5.43 Å². The molecule has 0 aliphatic carbocycles. The van der Waals surface area contributed by atoms with Crippen molar-refractivity contribution in [1.82, 2.24) is 9.73 Å². The van der Waals surface area contributed by atoms with Crippen molar-refractivity contribution in [3.05, 3.63) is 101 Å². The average Bonchev–Trinajstić information content (AvgIpc) is 2.80. The van der Waals surface area contributed by atoms with Crippen LogP contribution in [0.2, 0.25) is 0 Å². The molecule has 0 bridgehead atoms. The number of carbonyl (C=O) groups excluding carboxylic acids is 1. The summed E-state index contributed by atoms with van der Waals surface area (Å²) in [6.07, 6.45) is 1.26. The molecule has 0 saturated carbocycles. The van der Waals surface area contributed by atoms with E-state index in [0.29, 0.717) is 16.7 Å². The van der Waals surface area contributed by atoms with Crippen LogP contribution in [0.15, 0.2) is 82.8 Å². The highest BCUT2D eigenvalue weighted by Gasteiger charge is 2.20. The van der Waals surface area contributed by atoms with E-state index >= 15 is 0 Å². The monoisotopic (exact) mass is 465 g/mol. The van der Waals surface area contributed by atoms with Crippen LogP contribution in [0.5, 0.6) is 0 Å². The summed E-state index contributed by atoms with van der Waals surface area (Å²) in [4.78, 5) is 23.7. The summed E-state index contributed by atoms with van der Waals surface area (Å²) in [6.45, 7) is 2.03. The molecule has 0 radical (unpaired) electrons. The smallest absolute Gasteiger partial charge is 0.336 e. The summed E-state index contributed by atoms with van der Waals surface area (Å²) in [7, 11) is -2.14. The zero-order valence-corrected chi connectivity index (χ0v) is 18.9.